The minimum atomic E-state index is -1.47. The lowest BCUT2D eigenvalue weighted by atomic mass is 10.2. The average molecular weight is 282 g/mol. The highest BCUT2D eigenvalue weighted by Crippen LogP contribution is 2.10. The summed E-state index contributed by atoms with van der Waals surface area (Å²) < 4.78 is 24.8. The fraction of sp³-hybridized carbons (Fsp3) is 0. The summed E-state index contributed by atoms with van der Waals surface area (Å²) in [6.45, 7) is 0. The Balaban J connectivity index is 0.000000204. The maximum Gasteiger partial charge on any atom is 0.356 e. The molecule has 1 aromatic heterocycles. The van der Waals surface area contributed by atoms with E-state index in [2.05, 4.69) is 9.97 Å². The quantitative estimate of drug-likeness (QED) is 0.871. The van der Waals surface area contributed by atoms with Gasteiger partial charge in [0, 0.05) is 12.4 Å². The summed E-state index contributed by atoms with van der Waals surface area (Å²) in [5.74, 6) is -4.99. The second kappa shape index (κ2) is 6.88. The van der Waals surface area contributed by atoms with Gasteiger partial charge < -0.3 is 10.2 Å². The molecule has 20 heavy (non-hydrogen) atoms. The van der Waals surface area contributed by atoms with Crippen molar-refractivity contribution >= 4 is 11.9 Å². The highest BCUT2D eigenvalue weighted by Gasteiger charge is 2.12. The highest BCUT2D eigenvalue weighted by atomic mass is 19.2. The van der Waals surface area contributed by atoms with E-state index in [-0.39, 0.29) is 5.69 Å². The van der Waals surface area contributed by atoms with Gasteiger partial charge in [-0.05, 0) is 12.1 Å². The van der Waals surface area contributed by atoms with Crippen molar-refractivity contribution in [1.29, 1.82) is 0 Å². The molecule has 0 radical (unpaired) electrons. The molecule has 0 amide bonds. The highest BCUT2D eigenvalue weighted by molar-refractivity contribution is 5.87. The van der Waals surface area contributed by atoms with Gasteiger partial charge in [0.05, 0.1) is 11.8 Å². The number of carboxylic acid groups (broad SMARTS) is 2. The van der Waals surface area contributed by atoms with Gasteiger partial charge in [0.25, 0.3) is 0 Å². The largest absolute Gasteiger partial charge is 0.478 e. The van der Waals surface area contributed by atoms with Crippen molar-refractivity contribution in [2.45, 2.75) is 0 Å². The van der Waals surface area contributed by atoms with E-state index in [1.54, 1.807) is 0 Å². The predicted octanol–water partition coefficient (Wildman–Crippen LogP) is 1.84. The zero-order valence-electron chi connectivity index (χ0n) is 9.83. The molecule has 2 rings (SSSR count). The molecular formula is C12H8F2N2O4. The maximum atomic E-state index is 12.5. The van der Waals surface area contributed by atoms with Gasteiger partial charge in [0.1, 0.15) is 0 Å². The number of carbonyl (C=O) groups is 2. The third-order valence-corrected chi connectivity index (χ3v) is 1.96. The number of hydrogen-bond acceptors (Lipinski definition) is 4. The standard InChI is InChI=1S/C7H4F2O2.C5H4N2O2/c8-5-3-1-2-4(6(5)9)7(10)11;8-5(9)4-3-6-1-2-7-4/h1-3H,(H,10,11);1-3H,(H,8,9). The molecule has 6 nitrogen and oxygen atoms in total. The van der Waals surface area contributed by atoms with Gasteiger partial charge >= 0.3 is 11.9 Å². The van der Waals surface area contributed by atoms with E-state index in [1.807, 2.05) is 0 Å². The average Bonchev–Trinajstić information content (AvgIpc) is 2.43. The second-order valence-electron chi connectivity index (χ2n) is 3.30. The Morgan fingerprint density at radius 1 is 1.05 bits per heavy atom. The first kappa shape index (κ1) is 15.2. The smallest absolute Gasteiger partial charge is 0.356 e. The molecule has 0 bridgehead atoms. The minimum absolute atomic E-state index is 0.0301. The summed E-state index contributed by atoms with van der Waals surface area (Å²) in [5, 5.41) is 16.6. The lowest BCUT2D eigenvalue weighted by molar-refractivity contribution is 0.0679. The van der Waals surface area contributed by atoms with Gasteiger partial charge in [-0.25, -0.2) is 23.4 Å². The molecule has 8 heteroatoms. The van der Waals surface area contributed by atoms with Crippen LogP contribution in [-0.2, 0) is 0 Å². The lowest BCUT2D eigenvalue weighted by Crippen LogP contribution is -2.01. The Morgan fingerprint density at radius 3 is 2.15 bits per heavy atom. The fourth-order valence-corrected chi connectivity index (χ4v) is 1.08. The van der Waals surface area contributed by atoms with E-state index in [1.165, 1.54) is 18.6 Å². The molecule has 0 aliphatic carbocycles. The van der Waals surface area contributed by atoms with Crippen LogP contribution in [0.5, 0.6) is 0 Å². The Morgan fingerprint density at radius 2 is 1.75 bits per heavy atom. The summed E-state index contributed by atoms with van der Waals surface area (Å²) in [5.41, 5.74) is -0.678. The predicted molar refractivity (Wildman–Crippen MR) is 62.3 cm³/mol. The van der Waals surface area contributed by atoms with Crippen molar-refractivity contribution in [1.82, 2.24) is 9.97 Å². The van der Waals surface area contributed by atoms with Gasteiger partial charge in [-0.2, -0.15) is 0 Å². The number of aromatic carboxylic acids is 2. The van der Waals surface area contributed by atoms with Crippen LogP contribution in [0.2, 0.25) is 0 Å². The molecule has 104 valence electrons. The number of carboxylic acids is 2. The monoisotopic (exact) mass is 282 g/mol. The third-order valence-electron chi connectivity index (χ3n) is 1.96. The molecule has 0 unspecified atom stereocenters. The first-order valence-corrected chi connectivity index (χ1v) is 5.10. The molecule has 1 heterocycles. The number of halogens is 2. The molecule has 0 aliphatic rings. The number of aromatic nitrogens is 2. The summed E-state index contributed by atoms with van der Waals surface area (Å²) in [7, 11) is 0. The summed E-state index contributed by atoms with van der Waals surface area (Å²) >= 11 is 0. The van der Waals surface area contributed by atoms with Crippen LogP contribution >= 0.6 is 0 Å². The number of hydrogen-bond donors (Lipinski definition) is 2. The Bertz CT molecular complexity index is 620. The van der Waals surface area contributed by atoms with Gasteiger partial charge in [0.2, 0.25) is 0 Å². The molecule has 1 aromatic carbocycles. The van der Waals surface area contributed by atoms with E-state index in [4.69, 9.17) is 10.2 Å². The van der Waals surface area contributed by atoms with Gasteiger partial charge in [0.15, 0.2) is 17.3 Å². The van der Waals surface area contributed by atoms with Gasteiger partial charge in [-0.15, -0.1) is 0 Å². The topological polar surface area (TPSA) is 100 Å². The van der Waals surface area contributed by atoms with Crippen molar-refractivity contribution in [3.05, 3.63) is 59.7 Å². The SMILES string of the molecule is O=C(O)c1cccc(F)c1F.O=C(O)c1cnccn1. The summed E-state index contributed by atoms with van der Waals surface area (Å²) in [6, 6.07) is 3.00. The van der Waals surface area contributed by atoms with Crippen LogP contribution in [0.3, 0.4) is 0 Å². The van der Waals surface area contributed by atoms with E-state index < -0.39 is 29.1 Å². The third kappa shape index (κ3) is 4.09. The zero-order valence-corrected chi connectivity index (χ0v) is 9.83. The normalized spacial score (nSPS) is 9.30. The van der Waals surface area contributed by atoms with E-state index >= 15 is 0 Å². The number of rotatable bonds is 2. The van der Waals surface area contributed by atoms with Crippen molar-refractivity contribution < 1.29 is 28.6 Å². The van der Waals surface area contributed by atoms with Gasteiger partial charge in [-0.1, -0.05) is 6.07 Å². The van der Waals surface area contributed by atoms with Crippen LogP contribution in [0.1, 0.15) is 20.8 Å². The van der Waals surface area contributed by atoms with Crippen LogP contribution in [0, 0.1) is 11.6 Å². The molecule has 0 spiro atoms. The summed E-state index contributed by atoms with van der Waals surface area (Å²) in [4.78, 5) is 27.3. The van der Waals surface area contributed by atoms with Crippen molar-refractivity contribution in [3.63, 3.8) is 0 Å². The zero-order chi connectivity index (χ0) is 15.1. The molecule has 2 aromatic rings. The lowest BCUT2D eigenvalue weighted by Gasteiger charge is -1.95. The second-order valence-corrected chi connectivity index (χ2v) is 3.30. The molecule has 0 saturated heterocycles. The molecule has 0 saturated carbocycles. The van der Waals surface area contributed by atoms with Crippen molar-refractivity contribution in [3.8, 4) is 0 Å². The Labute approximate surface area is 111 Å². The maximum absolute atomic E-state index is 12.5. The summed E-state index contributed by atoms with van der Waals surface area (Å²) in [6.07, 6.45) is 3.96. The molecular weight excluding hydrogens is 274 g/mol. The van der Waals surface area contributed by atoms with Crippen LogP contribution in [0.4, 0.5) is 8.78 Å². The van der Waals surface area contributed by atoms with Crippen LogP contribution in [0.15, 0.2) is 36.8 Å². The van der Waals surface area contributed by atoms with Crippen molar-refractivity contribution in [2.24, 2.45) is 0 Å². The van der Waals surface area contributed by atoms with Crippen LogP contribution in [-0.4, -0.2) is 32.1 Å². The Kier molecular flexibility index (Phi) is 5.21. The van der Waals surface area contributed by atoms with Crippen LogP contribution in [0.25, 0.3) is 0 Å². The van der Waals surface area contributed by atoms with E-state index in [9.17, 15) is 18.4 Å². The van der Waals surface area contributed by atoms with E-state index in [0.717, 1.165) is 18.2 Å². The molecule has 0 atom stereocenters. The first-order chi connectivity index (χ1) is 9.43. The number of nitrogens with zero attached hydrogens (tertiary/aromatic N) is 2. The van der Waals surface area contributed by atoms with E-state index in [0.29, 0.717) is 0 Å². The van der Waals surface area contributed by atoms with Crippen LogP contribution < -0.4 is 0 Å². The fourth-order valence-electron chi connectivity index (χ4n) is 1.08. The van der Waals surface area contributed by atoms with Crippen molar-refractivity contribution in [2.75, 3.05) is 0 Å². The minimum Gasteiger partial charge on any atom is -0.478 e. The molecule has 2 N–H and O–H groups in total. The Hall–Kier alpha value is -2.90. The first-order valence-electron chi connectivity index (χ1n) is 5.10. The van der Waals surface area contributed by atoms with Gasteiger partial charge in [-0.3, -0.25) is 4.98 Å². The molecule has 0 fully saturated rings. The molecule has 0 aliphatic heterocycles. The number of benzene rings is 1.